The van der Waals surface area contributed by atoms with E-state index in [9.17, 15) is 9.59 Å². The van der Waals surface area contributed by atoms with Crippen molar-refractivity contribution in [1.82, 2.24) is 19.6 Å². The number of nitrogens with one attached hydrogen (secondary N) is 1. The third-order valence-corrected chi connectivity index (χ3v) is 2.01. The maximum Gasteiger partial charge on any atom is 0.312 e. The molecule has 0 amide bonds. The normalized spacial score (nSPS) is 11.0. The van der Waals surface area contributed by atoms with Gasteiger partial charge in [-0.3, -0.25) is 14.7 Å². The lowest BCUT2D eigenvalue weighted by atomic mass is 10.3. The monoisotopic (exact) mass is 236 g/mol. The van der Waals surface area contributed by atoms with Gasteiger partial charge in [0, 0.05) is 6.07 Å². The van der Waals surface area contributed by atoms with Gasteiger partial charge in [0.2, 0.25) is 0 Å². The zero-order valence-corrected chi connectivity index (χ0v) is 9.51. The van der Waals surface area contributed by atoms with Gasteiger partial charge >= 0.3 is 5.97 Å². The minimum atomic E-state index is -0.410. The maximum atomic E-state index is 11.6. The number of H-pyrrole nitrogens is 1. The SMILES string of the molecule is CC(C)OC(=O)Cc1cc(=O)n2[nH]cnc2n1. The molecule has 90 valence electrons. The summed E-state index contributed by atoms with van der Waals surface area (Å²) in [5.41, 5.74) is 0.0487. The standard InChI is InChI=1S/C10H12N4O3/c1-6(2)17-9(16)4-7-3-8(15)14-10(13-7)11-5-12-14/h3,5-6H,4H2,1-2H3,(H,11,12,13). The number of carbonyl (C=O) groups is 1. The molecule has 7 nitrogen and oxygen atoms in total. The lowest BCUT2D eigenvalue weighted by molar-refractivity contribution is -0.146. The van der Waals surface area contributed by atoms with Gasteiger partial charge in [-0.1, -0.05) is 0 Å². The van der Waals surface area contributed by atoms with Crippen LogP contribution in [0, 0.1) is 0 Å². The van der Waals surface area contributed by atoms with Crippen LogP contribution in [-0.2, 0) is 16.0 Å². The van der Waals surface area contributed by atoms with Crippen molar-refractivity contribution in [3.8, 4) is 0 Å². The second-order valence-electron chi connectivity index (χ2n) is 3.82. The van der Waals surface area contributed by atoms with Crippen LogP contribution in [0.2, 0.25) is 0 Å². The average Bonchev–Trinajstić information content (AvgIpc) is 2.64. The molecule has 0 aliphatic heterocycles. The zero-order chi connectivity index (χ0) is 12.4. The summed E-state index contributed by atoms with van der Waals surface area (Å²) in [6.45, 7) is 3.52. The molecule has 7 heteroatoms. The maximum absolute atomic E-state index is 11.6. The third-order valence-electron chi connectivity index (χ3n) is 2.01. The highest BCUT2D eigenvalue weighted by atomic mass is 16.5. The summed E-state index contributed by atoms with van der Waals surface area (Å²) in [4.78, 5) is 30.9. The molecule has 0 aromatic carbocycles. The van der Waals surface area contributed by atoms with Crippen LogP contribution in [-0.4, -0.2) is 31.7 Å². The number of nitrogens with zero attached hydrogens (tertiary/aromatic N) is 3. The smallest absolute Gasteiger partial charge is 0.312 e. The van der Waals surface area contributed by atoms with Crippen LogP contribution in [0.25, 0.3) is 5.78 Å². The van der Waals surface area contributed by atoms with Crippen LogP contribution in [0.4, 0.5) is 0 Å². The van der Waals surface area contributed by atoms with E-state index < -0.39 is 5.97 Å². The number of hydrogen-bond acceptors (Lipinski definition) is 5. The number of ether oxygens (including phenoxy) is 1. The molecule has 2 rings (SSSR count). The first-order chi connectivity index (χ1) is 8.06. The second-order valence-corrected chi connectivity index (χ2v) is 3.82. The number of hydrogen-bond donors (Lipinski definition) is 1. The number of aromatic amines is 1. The Morgan fingerprint density at radius 3 is 3.06 bits per heavy atom. The summed E-state index contributed by atoms with van der Waals surface area (Å²) in [5.74, 6) is -0.170. The summed E-state index contributed by atoms with van der Waals surface area (Å²) >= 11 is 0. The van der Waals surface area contributed by atoms with E-state index >= 15 is 0 Å². The third kappa shape index (κ3) is 2.49. The average molecular weight is 236 g/mol. The van der Waals surface area contributed by atoms with E-state index in [1.807, 2.05) is 0 Å². The highest BCUT2D eigenvalue weighted by molar-refractivity contribution is 5.72. The molecule has 0 aliphatic carbocycles. The van der Waals surface area contributed by atoms with Crippen molar-refractivity contribution in [3.63, 3.8) is 0 Å². The summed E-state index contributed by atoms with van der Waals surface area (Å²) in [6, 6.07) is 1.28. The van der Waals surface area contributed by atoms with Crippen molar-refractivity contribution < 1.29 is 9.53 Å². The summed E-state index contributed by atoms with van der Waals surface area (Å²) in [6.07, 6.45) is 1.15. The van der Waals surface area contributed by atoms with Gasteiger partial charge in [0.15, 0.2) is 0 Å². The Morgan fingerprint density at radius 1 is 1.59 bits per heavy atom. The largest absolute Gasteiger partial charge is 0.463 e. The quantitative estimate of drug-likeness (QED) is 0.752. The number of rotatable bonds is 3. The van der Waals surface area contributed by atoms with Crippen LogP contribution < -0.4 is 5.56 Å². The molecule has 0 radical (unpaired) electrons. The van der Waals surface area contributed by atoms with Gasteiger partial charge in [0.1, 0.15) is 6.33 Å². The molecular formula is C10H12N4O3. The molecule has 0 saturated heterocycles. The molecule has 2 aromatic rings. The number of carbonyl (C=O) groups excluding carboxylic acids is 1. The Balaban J connectivity index is 2.24. The Hall–Kier alpha value is -2.18. The van der Waals surface area contributed by atoms with Gasteiger partial charge in [-0.15, -0.1) is 0 Å². The number of fused-ring (bicyclic) bond motifs is 1. The first-order valence-corrected chi connectivity index (χ1v) is 5.18. The van der Waals surface area contributed by atoms with Crippen LogP contribution in [0.5, 0.6) is 0 Å². The number of aromatic nitrogens is 4. The molecular weight excluding hydrogens is 224 g/mol. The van der Waals surface area contributed by atoms with Crippen molar-refractivity contribution in [2.45, 2.75) is 26.4 Å². The van der Waals surface area contributed by atoms with Crippen LogP contribution in [0.15, 0.2) is 17.2 Å². The summed E-state index contributed by atoms with van der Waals surface area (Å²) < 4.78 is 6.16. The predicted octanol–water partition coefficient (Wildman–Crippen LogP) is -0.0883. The highest BCUT2D eigenvalue weighted by Crippen LogP contribution is 1.99. The molecule has 0 aliphatic rings. The van der Waals surface area contributed by atoms with Gasteiger partial charge in [0.05, 0.1) is 18.2 Å². The fourth-order valence-electron chi connectivity index (χ4n) is 1.41. The Morgan fingerprint density at radius 2 is 2.35 bits per heavy atom. The Kier molecular flexibility index (Phi) is 2.90. The lowest BCUT2D eigenvalue weighted by Crippen LogP contribution is -2.19. The van der Waals surface area contributed by atoms with E-state index in [1.165, 1.54) is 16.9 Å². The minimum absolute atomic E-state index is 0.0310. The van der Waals surface area contributed by atoms with Crippen molar-refractivity contribution in [2.75, 3.05) is 0 Å². The van der Waals surface area contributed by atoms with E-state index in [0.717, 1.165) is 0 Å². The van der Waals surface area contributed by atoms with Gasteiger partial charge < -0.3 is 4.74 Å². The van der Waals surface area contributed by atoms with Crippen LogP contribution >= 0.6 is 0 Å². The first-order valence-electron chi connectivity index (χ1n) is 5.18. The molecule has 0 bridgehead atoms. The van der Waals surface area contributed by atoms with Crippen molar-refractivity contribution in [3.05, 3.63) is 28.4 Å². The molecule has 0 unspecified atom stereocenters. The molecule has 0 saturated carbocycles. The Bertz CT molecular complexity index is 599. The van der Waals surface area contributed by atoms with Gasteiger partial charge in [-0.2, -0.15) is 4.52 Å². The zero-order valence-electron chi connectivity index (χ0n) is 9.51. The van der Waals surface area contributed by atoms with Crippen molar-refractivity contribution in [1.29, 1.82) is 0 Å². The molecule has 2 aromatic heterocycles. The number of esters is 1. The van der Waals surface area contributed by atoms with E-state index in [4.69, 9.17) is 4.74 Å². The van der Waals surface area contributed by atoms with E-state index in [1.54, 1.807) is 13.8 Å². The van der Waals surface area contributed by atoms with Crippen LogP contribution in [0.3, 0.4) is 0 Å². The molecule has 2 heterocycles. The topological polar surface area (TPSA) is 89.4 Å². The fourth-order valence-corrected chi connectivity index (χ4v) is 1.41. The van der Waals surface area contributed by atoms with Gasteiger partial charge in [-0.25, -0.2) is 9.97 Å². The van der Waals surface area contributed by atoms with Crippen LogP contribution in [0.1, 0.15) is 19.5 Å². The lowest BCUT2D eigenvalue weighted by Gasteiger charge is -2.06. The van der Waals surface area contributed by atoms with E-state index in [-0.39, 0.29) is 23.9 Å². The molecule has 17 heavy (non-hydrogen) atoms. The summed E-state index contributed by atoms with van der Waals surface area (Å²) in [7, 11) is 0. The summed E-state index contributed by atoms with van der Waals surface area (Å²) in [5, 5.41) is 2.61. The molecule has 0 spiro atoms. The predicted molar refractivity (Wildman–Crippen MR) is 58.5 cm³/mol. The molecule has 0 fully saturated rings. The Labute approximate surface area is 96.4 Å². The minimum Gasteiger partial charge on any atom is -0.463 e. The first kappa shape index (κ1) is 11.3. The second kappa shape index (κ2) is 4.36. The van der Waals surface area contributed by atoms with E-state index in [2.05, 4.69) is 15.1 Å². The van der Waals surface area contributed by atoms with Gasteiger partial charge in [0.25, 0.3) is 11.3 Å². The fraction of sp³-hybridized carbons (Fsp3) is 0.400. The van der Waals surface area contributed by atoms with Crippen molar-refractivity contribution in [2.24, 2.45) is 0 Å². The molecule has 0 atom stereocenters. The molecule has 1 N–H and O–H groups in total. The van der Waals surface area contributed by atoms with Crippen molar-refractivity contribution >= 4 is 11.7 Å². The van der Waals surface area contributed by atoms with E-state index in [0.29, 0.717) is 5.69 Å². The van der Waals surface area contributed by atoms with Gasteiger partial charge in [-0.05, 0) is 13.8 Å². The highest BCUT2D eigenvalue weighted by Gasteiger charge is 2.10.